The summed E-state index contributed by atoms with van der Waals surface area (Å²) in [6, 6.07) is 1.08. The molecule has 3 fully saturated rings. The topological polar surface area (TPSA) is 41.9 Å². The zero-order valence-electron chi connectivity index (χ0n) is 11.3. The molecular weight excluding hydrogens is 230 g/mol. The molecule has 0 aromatic rings. The number of rotatable bonds is 2. The smallest absolute Gasteiger partial charge is 0.0933 e. The summed E-state index contributed by atoms with van der Waals surface area (Å²) in [5.74, 6) is 0. The molecule has 4 heteroatoms. The zero-order chi connectivity index (χ0) is 12.6. The highest BCUT2D eigenvalue weighted by atomic mass is 16.5. The molecule has 104 valence electrons. The standard InChI is InChI=1S/C14H25NO3/c1-11-10-17-13(9-16)8-15(11)12-3-6-18-14(7-12)4-2-5-14/h11-13,16H,2-10H2,1H3. The van der Waals surface area contributed by atoms with Crippen molar-refractivity contribution in [3.05, 3.63) is 0 Å². The Labute approximate surface area is 109 Å². The molecule has 1 N–H and O–H groups in total. The fraction of sp³-hybridized carbons (Fsp3) is 1.00. The monoisotopic (exact) mass is 255 g/mol. The molecule has 1 aliphatic carbocycles. The Bertz CT molecular complexity index is 293. The van der Waals surface area contributed by atoms with Gasteiger partial charge in [-0.3, -0.25) is 4.90 Å². The Balaban J connectivity index is 1.64. The van der Waals surface area contributed by atoms with E-state index >= 15 is 0 Å². The van der Waals surface area contributed by atoms with Gasteiger partial charge in [0.2, 0.25) is 0 Å². The van der Waals surface area contributed by atoms with Crippen LogP contribution >= 0.6 is 0 Å². The van der Waals surface area contributed by atoms with E-state index in [2.05, 4.69) is 11.8 Å². The van der Waals surface area contributed by atoms with Crippen LogP contribution in [0, 0.1) is 0 Å². The Kier molecular flexibility index (Phi) is 3.63. The van der Waals surface area contributed by atoms with Gasteiger partial charge in [-0.1, -0.05) is 0 Å². The number of ether oxygens (including phenoxy) is 2. The van der Waals surface area contributed by atoms with Crippen molar-refractivity contribution >= 4 is 0 Å². The molecule has 3 rings (SSSR count). The molecule has 1 spiro atoms. The highest BCUT2D eigenvalue weighted by molar-refractivity contribution is 4.98. The maximum atomic E-state index is 9.28. The van der Waals surface area contributed by atoms with Gasteiger partial charge in [0, 0.05) is 25.2 Å². The lowest BCUT2D eigenvalue weighted by atomic mass is 9.73. The summed E-state index contributed by atoms with van der Waals surface area (Å²) in [5, 5.41) is 9.28. The summed E-state index contributed by atoms with van der Waals surface area (Å²) in [6.45, 7) is 4.89. The number of nitrogens with zero attached hydrogens (tertiary/aromatic N) is 1. The van der Waals surface area contributed by atoms with Crippen LogP contribution in [0.1, 0.15) is 39.0 Å². The molecule has 2 aliphatic heterocycles. The van der Waals surface area contributed by atoms with E-state index in [1.807, 2.05) is 0 Å². The second-order valence-electron chi connectivity index (χ2n) is 6.22. The highest BCUT2D eigenvalue weighted by Crippen LogP contribution is 2.43. The molecule has 0 radical (unpaired) electrons. The highest BCUT2D eigenvalue weighted by Gasteiger charge is 2.45. The second-order valence-corrected chi connectivity index (χ2v) is 6.22. The van der Waals surface area contributed by atoms with E-state index in [4.69, 9.17) is 9.47 Å². The number of morpholine rings is 1. The van der Waals surface area contributed by atoms with Gasteiger partial charge in [0.1, 0.15) is 0 Å². The predicted octanol–water partition coefficient (Wildman–Crippen LogP) is 1.17. The SMILES string of the molecule is CC1COC(CO)CN1C1CCOC2(CCC2)C1. The molecule has 2 heterocycles. The van der Waals surface area contributed by atoms with Crippen LogP contribution in [0.15, 0.2) is 0 Å². The Morgan fingerprint density at radius 2 is 2.22 bits per heavy atom. The lowest BCUT2D eigenvalue weighted by molar-refractivity contribution is -0.168. The van der Waals surface area contributed by atoms with Crippen molar-refractivity contribution in [1.82, 2.24) is 4.90 Å². The lowest BCUT2D eigenvalue weighted by Gasteiger charge is -2.52. The molecule has 3 unspecified atom stereocenters. The first-order valence-corrected chi connectivity index (χ1v) is 7.35. The van der Waals surface area contributed by atoms with Crippen LogP contribution < -0.4 is 0 Å². The lowest BCUT2D eigenvalue weighted by Crippen LogP contribution is -2.58. The second kappa shape index (κ2) is 5.08. The van der Waals surface area contributed by atoms with Gasteiger partial charge < -0.3 is 14.6 Å². The minimum Gasteiger partial charge on any atom is -0.394 e. The molecule has 2 saturated heterocycles. The molecule has 4 nitrogen and oxygen atoms in total. The van der Waals surface area contributed by atoms with E-state index in [0.29, 0.717) is 12.1 Å². The van der Waals surface area contributed by atoms with Crippen molar-refractivity contribution in [3.8, 4) is 0 Å². The summed E-state index contributed by atoms with van der Waals surface area (Å²) in [7, 11) is 0. The molecule has 3 atom stereocenters. The summed E-state index contributed by atoms with van der Waals surface area (Å²) in [4.78, 5) is 2.55. The average Bonchev–Trinajstić information content (AvgIpc) is 2.38. The molecule has 0 aromatic heterocycles. The molecule has 0 amide bonds. The van der Waals surface area contributed by atoms with Crippen LogP contribution in [0.3, 0.4) is 0 Å². The molecule has 3 aliphatic rings. The van der Waals surface area contributed by atoms with Crippen molar-refractivity contribution in [2.24, 2.45) is 0 Å². The van der Waals surface area contributed by atoms with Crippen LogP contribution in [0.4, 0.5) is 0 Å². The third kappa shape index (κ3) is 2.31. The Morgan fingerprint density at radius 1 is 1.39 bits per heavy atom. The minimum atomic E-state index is 0.00128. The first-order chi connectivity index (χ1) is 8.72. The van der Waals surface area contributed by atoms with Crippen LogP contribution in [0.5, 0.6) is 0 Å². The van der Waals surface area contributed by atoms with E-state index < -0.39 is 0 Å². The fourth-order valence-corrected chi connectivity index (χ4v) is 3.66. The van der Waals surface area contributed by atoms with Gasteiger partial charge in [0.25, 0.3) is 0 Å². The molecule has 18 heavy (non-hydrogen) atoms. The van der Waals surface area contributed by atoms with Gasteiger partial charge >= 0.3 is 0 Å². The number of aliphatic hydroxyl groups is 1. The van der Waals surface area contributed by atoms with Gasteiger partial charge in [-0.15, -0.1) is 0 Å². The van der Waals surface area contributed by atoms with Crippen molar-refractivity contribution < 1.29 is 14.6 Å². The molecule has 0 bridgehead atoms. The summed E-state index contributed by atoms with van der Waals surface area (Å²) < 4.78 is 11.6. The van der Waals surface area contributed by atoms with E-state index in [1.54, 1.807) is 0 Å². The average molecular weight is 255 g/mol. The van der Waals surface area contributed by atoms with Gasteiger partial charge in [-0.05, 0) is 39.0 Å². The van der Waals surface area contributed by atoms with E-state index in [9.17, 15) is 5.11 Å². The van der Waals surface area contributed by atoms with Gasteiger partial charge in [0.15, 0.2) is 0 Å². The normalized spacial score (nSPS) is 40.7. The van der Waals surface area contributed by atoms with Crippen molar-refractivity contribution in [2.75, 3.05) is 26.4 Å². The van der Waals surface area contributed by atoms with Gasteiger partial charge in [0.05, 0.1) is 24.9 Å². The quantitative estimate of drug-likeness (QED) is 0.804. The number of aliphatic hydroxyl groups excluding tert-OH is 1. The van der Waals surface area contributed by atoms with Crippen LogP contribution in [-0.2, 0) is 9.47 Å². The van der Waals surface area contributed by atoms with Crippen molar-refractivity contribution in [2.45, 2.75) is 62.8 Å². The first kappa shape index (κ1) is 12.9. The Morgan fingerprint density at radius 3 is 2.89 bits per heavy atom. The molecule has 1 saturated carbocycles. The minimum absolute atomic E-state index is 0.00128. The fourth-order valence-electron chi connectivity index (χ4n) is 3.66. The van der Waals surface area contributed by atoms with Crippen LogP contribution in [-0.4, -0.2) is 60.2 Å². The summed E-state index contributed by atoms with van der Waals surface area (Å²) in [6.07, 6.45) is 6.11. The third-order valence-electron chi connectivity index (χ3n) is 4.96. The largest absolute Gasteiger partial charge is 0.394 e. The van der Waals surface area contributed by atoms with Gasteiger partial charge in [-0.25, -0.2) is 0 Å². The van der Waals surface area contributed by atoms with Gasteiger partial charge in [-0.2, -0.15) is 0 Å². The maximum Gasteiger partial charge on any atom is 0.0933 e. The molecular formula is C14H25NO3. The summed E-state index contributed by atoms with van der Waals surface area (Å²) in [5.41, 5.74) is 0.204. The molecule has 0 aromatic carbocycles. The van der Waals surface area contributed by atoms with E-state index in [1.165, 1.54) is 25.7 Å². The zero-order valence-corrected chi connectivity index (χ0v) is 11.3. The first-order valence-electron chi connectivity index (χ1n) is 7.35. The van der Waals surface area contributed by atoms with Crippen LogP contribution in [0.2, 0.25) is 0 Å². The predicted molar refractivity (Wildman–Crippen MR) is 68.5 cm³/mol. The number of hydrogen-bond acceptors (Lipinski definition) is 4. The van der Waals surface area contributed by atoms with E-state index in [-0.39, 0.29) is 18.3 Å². The third-order valence-corrected chi connectivity index (χ3v) is 4.96. The maximum absolute atomic E-state index is 9.28. The number of hydrogen-bond donors (Lipinski definition) is 1. The van der Waals surface area contributed by atoms with E-state index in [0.717, 1.165) is 26.2 Å². The summed E-state index contributed by atoms with van der Waals surface area (Å²) >= 11 is 0. The van der Waals surface area contributed by atoms with Crippen LogP contribution in [0.25, 0.3) is 0 Å². The Hall–Kier alpha value is -0.160. The van der Waals surface area contributed by atoms with Crippen molar-refractivity contribution in [3.63, 3.8) is 0 Å². The van der Waals surface area contributed by atoms with Crippen molar-refractivity contribution in [1.29, 1.82) is 0 Å².